The molecule has 1 aromatic carbocycles. The molecule has 2 aliphatic carbocycles. The van der Waals surface area contributed by atoms with Gasteiger partial charge in [-0.3, -0.25) is 0 Å². The summed E-state index contributed by atoms with van der Waals surface area (Å²) in [5.41, 5.74) is 2.36. The van der Waals surface area contributed by atoms with Crippen molar-refractivity contribution >= 4 is 0 Å². The van der Waals surface area contributed by atoms with Gasteiger partial charge in [0.05, 0.1) is 6.10 Å². The van der Waals surface area contributed by atoms with Crippen LogP contribution in [-0.4, -0.2) is 17.8 Å². The second kappa shape index (κ2) is 4.79. The van der Waals surface area contributed by atoms with E-state index in [2.05, 4.69) is 12.1 Å². The molecular weight excluding hydrogens is 212 g/mol. The van der Waals surface area contributed by atoms with Crippen LogP contribution in [0.3, 0.4) is 0 Å². The van der Waals surface area contributed by atoms with Crippen molar-refractivity contribution in [1.29, 1.82) is 0 Å². The lowest BCUT2D eigenvalue weighted by Crippen LogP contribution is -2.22. The first-order chi connectivity index (χ1) is 8.34. The highest BCUT2D eigenvalue weighted by Crippen LogP contribution is 2.34. The van der Waals surface area contributed by atoms with Gasteiger partial charge in [-0.15, -0.1) is 0 Å². The maximum absolute atomic E-state index is 10.4. The third kappa shape index (κ3) is 2.53. The van der Waals surface area contributed by atoms with Crippen LogP contribution in [0.4, 0.5) is 0 Å². The average Bonchev–Trinajstić information content (AvgIpc) is 3.17. The summed E-state index contributed by atoms with van der Waals surface area (Å²) in [7, 11) is 0. The largest absolute Gasteiger partial charge is 0.386 e. The molecule has 1 N–H and O–H groups in total. The normalized spacial score (nSPS) is 28.5. The molecule has 0 radical (unpaired) electrons. The minimum absolute atomic E-state index is 0.000694. The molecule has 1 fully saturated rings. The standard InChI is InChI=1S/C15H20O2/c16-15-13-6-2-1-4-12(13)5-3-7-14(15)17-10-11-8-9-11/h1-2,4,6,11,14-16H,3,5,7-10H2. The maximum atomic E-state index is 10.4. The Kier molecular flexibility index (Phi) is 3.17. The molecule has 1 aromatic rings. The molecule has 2 nitrogen and oxygen atoms in total. The first kappa shape index (κ1) is 11.2. The van der Waals surface area contributed by atoms with E-state index in [1.807, 2.05) is 12.1 Å². The lowest BCUT2D eigenvalue weighted by Gasteiger charge is -2.22. The minimum Gasteiger partial charge on any atom is -0.386 e. The highest BCUT2D eigenvalue weighted by Gasteiger charge is 2.29. The predicted octanol–water partition coefficient (Wildman–Crippen LogP) is 2.85. The van der Waals surface area contributed by atoms with Gasteiger partial charge in [0.15, 0.2) is 0 Å². The number of aryl methyl sites for hydroxylation is 1. The number of aliphatic hydroxyl groups excluding tert-OH is 1. The molecular formula is C15H20O2. The fourth-order valence-corrected chi connectivity index (χ4v) is 2.62. The Hall–Kier alpha value is -0.860. The summed E-state index contributed by atoms with van der Waals surface area (Å²) < 4.78 is 5.91. The molecule has 2 atom stereocenters. The van der Waals surface area contributed by atoms with E-state index in [0.717, 1.165) is 37.4 Å². The van der Waals surface area contributed by atoms with Crippen molar-refractivity contribution in [2.45, 2.75) is 44.3 Å². The van der Waals surface area contributed by atoms with E-state index < -0.39 is 6.10 Å². The van der Waals surface area contributed by atoms with E-state index in [9.17, 15) is 5.11 Å². The van der Waals surface area contributed by atoms with Crippen LogP contribution in [0.5, 0.6) is 0 Å². The van der Waals surface area contributed by atoms with Gasteiger partial charge in [0.25, 0.3) is 0 Å². The van der Waals surface area contributed by atoms with Crippen LogP contribution in [0.2, 0.25) is 0 Å². The average molecular weight is 232 g/mol. The lowest BCUT2D eigenvalue weighted by molar-refractivity contribution is -0.0454. The minimum atomic E-state index is -0.438. The SMILES string of the molecule is OC1c2ccccc2CCCC1OCC1CC1. The van der Waals surface area contributed by atoms with Gasteiger partial charge in [0, 0.05) is 6.61 Å². The van der Waals surface area contributed by atoms with Crippen molar-refractivity contribution in [2.24, 2.45) is 5.92 Å². The highest BCUT2D eigenvalue weighted by atomic mass is 16.5. The summed E-state index contributed by atoms with van der Waals surface area (Å²) >= 11 is 0. The quantitative estimate of drug-likeness (QED) is 0.812. The number of rotatable bonds is 3. The number of fused-ring (bicyclic) bond motifs is 1. The molecule has 2 heteroatoms. The van der Waals surface area contributed by atoms with Gasteiger partial charge in [-0.25, -0.2) is 0 Å². The number of hydrogen-bond acceptors (Lipinski definition) is 2. The van der Waals surface area contributed by atoms with Crippen LogP contribution in [0.25, 0.3) is 0 Å². The van der Waals surface area contributed by atoms with Gasteiger partial charge in [-0.05, 0) is 49.1 Å². The second-order valence-electron chi connectivity index (χ2n) is 5.35. The van der Waals surface area contributed by atoms with Gasteiger partial charge < -0.3 is 9.84 Å². The fraction of sp³-hybridized carbons (Fsp3) is 0.600. The lowest BCUT2D eigenvalue weighted by atomic mass is 10.0. The number of hydrogen-bond donors (Lipinski definition) is 1. The van der Waals surface area contributed by atoms with E-state index in [0.29, 0.717) is 0 Å². The summed E-state index contributed by atoms with van der Waals surface area (Å²) in [5, 5.41) is 10.4. The van der Waals surface area contributed by atoms with E-state index in [1.54, 1.807) is 0 Å². The number of benzene rings is 1. The van der Waals surface area contributed by atoms with Gasteiger partial charge >= 0.3 is 0 Å². The van der Waals surface area contributed by atoms with E-state index in [-0.39, 0.29) is 6.10 Å². The maximum Gasteiger partial charge on any atom is 0.105 e. The molecule has 2 aliphatic rings. The zero-order chi connectivity index (χ0) is 11.7. The van der Waals surface area contributed by atoms with Crippen molar-refractivity contribution < 1.29 is 9.84 Å². The van der Waals surface area contributed by atoms with Crippen LogP contribution >= 0.6 is 0 Å². The number of ether oxygens (including phenoxy) is 1. The summed E-state index contributed by atoms with van der Waals surface area (Å²) in [5.74, 6) is 0.765. The molecule has 2 unspecified atom stereocenters. The van der Waals surface area contributed by atoms with Gasteiger partial charge in [0.1, 0.15) is 6.10 Å². The Bertz CT molecular complexity index is 384. The molecule has 17 heavy (non-hydrogen) atoms. The van der Waals surface area contributed by atoms with E-state index in [4.69, 9.17) is 4.74 Å². The Morgan fingerprint density at radius 1 is 1.18 bits per heavy atom. The van der Waals surface area contributed by atoms with Crippen LogP contribution in [0.1, 0.15) is 42.9 Å². The van der Waals surface area contributed by atoms with Crippen molar-refractivity contribution in [3.05, 3.63) is 35.4 Å². The van der Waals surface area contributed by atoms with E-state index in [1.165, 1.54) is 18.4 Å². The molecule has 92 valence electrons. The molecule has 0 heterocycles. The zero-order valence-corrected chi connectivity index (χ0v) is 10.1. The predicted molar refractivity (Wildman–Crippen MR) is 66.8 cm³/mol. The number of aliphatic hydroxyl groups is 1. The first-order valence-corrected chi connectivity index (χ1v) is 6.72. The fourth-order valence-electron chi connectivity index (χ4n) is 2.62. The topological polar surface area (TPSA) is 29.5 Å². The molecule has 0 amide bonds. The van der Waals surface area contributed by atoms with Gasteiger partial charge in [0.2, 0.25) is 0 Å². The third-order valence-electron chi connectivity index (χ3n) is 3.90. The summed E-state index contributed by atoms with van der Waals surface area (Å²) in [4.78, 5) is 0. The highest BCUT2D eigenvalue weighted by molar-refractivity contribution is 5.30. The Labute approximate surface area is 103 Å². The van der Waals surface area contributed by atoms with Crippen molar-refractivity contribution in [1.82, 2.24) is 0 Å². The Morgan fingerprint density at radius 3 is 2.82 bits per heavy atom. The zero-order valence-electron chi connectivity index (χ0n) is 10.1. The molecule has 0 aromatic heterocycles. The molecule has 1 saturated carbocycles. The Balaban J connectivity index is 1.73. The second-order valence-corrected chi connectivity index (χ2v) is 5.35. The van der Waals surface area contributed by atoms with Crippen molar-refractivity contribution in [3.8, 4) is 0 Å². The molecule has 0 aliphatic heterocycles. The monoisotopic (exact) mass is 232 g/mol. The molecule has 0 spiro atoms. The molecule has 0 saturated heterocycles. The Morgan fingerprint density at radius 2 is 2.00 bits per heavy atom. The van der Waals surface area contributed by atoms with Gasteiger partial charge in [-0.2, -0.15) is 0 Å². The third-order valence-corrected chi connectivity index (χ3v) is 3.90. The van der Waals surface area contributed by atoms with Crippen LogP contribution in [0.15, 0.2) is 24.3 Å². The van der Waals surface area contributed by atoms with Gasteiger partial charge in [-0.1, -0.05) is 24.3 Å². The van der Waals surface area contributed by atoms with Crippen molar-refractivity contribution in [2.75, 3.05) is 6.61 Å². The first-order valence-electron chi connectivity index (χ1n) is 6.72. The van der Waals surface area contributed by atoms with Crippen LogP contribution in [0, 0.1) is 5.92 Å². The summed E-state index contributed by atoms with van der Waals surface area (Å²) in [6.45, 7) is 0.837. The van der Waals surface area contributed by atoms with Crippen LogP contribution in [-0.2, 0) is 11.2 Å². The molecule has 0 bridgehead atoms. The van der Waals surface area contributed by atoms with Crippen molar-refractivity contribution in [3.63, 3.8) is 0 Å². The van der Waals surface area contributed by atoms with Crippen LogP contribution < -0.4 is 0 Å². The van der Waals surface area contributed by atoms with E-state index >= 15 is 0 Å². The molecule has 3 rings (SSSR count). The summed E-state index contributed by atoms with van der Waals surface area (Å²) in [6, 6.07) is 8.23. The summed E-state index contributed by atoms with van der Waals surface area (Å²) in [6.07, 6.45) is 5.33. The smallest absolute Gasteiger partial charge is 0.105 e.